The highest BCUT2D eigenvalue weighted by molar-refractivity contribution is 5.87. The summed E-state index contributed by atoms with van der Waals surface area (Å²) < 4.78 is 0. The average molecular weight is 312 g/mol. The van der Waals surface area contributed by atoms with Crippen molar-refractivity contribution in [3.63, 3.8) is 0 Å². The standard InChI is InChI=1S/C16H20N6O/c1-16(2)9-22(13(23)4-6-17)8-12(16)21(3)15-11-5-7-18-14(11)19-10-20-15/h5,7,10,12H,4,8-9H2,1-3H3,(H,18,19,20)/t12-/m1/s1. The van der Waals surface area contributed by atoms with E-state index in [1.807, 2.05) is 25.4 Å². The lowest BCUT2D eigenvalue weighted by Crippen LogP contribution is -2.43. The first-order valence-corrected chi connectivity index (χ1v) is 7.59. The van der Waals surface area contributed by atoms with Gasteiger partial charge in [-0.1, -0.05) is 13.8 Å². The predicted molar refractivity (Wildman–Crippen MR) is 86.7 cm³/mol. The minimum atomic E-state index is -0.106. The third-order valence-electron chi connectivity index (χ3n) is 4.61. The van der Waals surface area contributed by atoms with Gasteiger partial charge in [0.25, 0.3) is 0 Å². The van der Waals surface area contributed by atoms with Gasteiger partial charge >= 0.3 is 0 Å². The number of anilines is 1. The molecule has 0 radical (unpaired) electrons. The maximum Gasteiger partial charge on any atom is 0.236 e. The number of nitrogens with one attached hydrogen (secondary N) is 1. The summed E-state index contributed by atoms with van der Waals surface area (Å²) in [5.74, 6) is 0.745. The van der Waals surface area contributed by atoms with Gasteiger partial charge in [0, 0.05) is 31.7 Å². The minimum absolute atomic E-state index is 0.0674. The van der Waals surface area contributed by atoms with Crippen molar-refractivity contribution in [2.75, 3.05) is 25.0 Å². The van der Waals surface area contributed by atoms with E-state index in [1.54, 1.807) is 11.2 Å². The molecule has 3 rings (SSSR count). The number of nitriles is 1. The summed E-state index contributed by atoms with van der Waals surface area (Å²) in [6.07, 6.45) is 3.33. The zero-order valence-electron chi connectivity index (χ0n) is 13.6. The number of amides is 1. The largest absolute Gasteiger partial charge is 0.354 e. The van der Waals surface area contributed by atoms with Gasteiger partial charge in [-0.25, -0.2) is 9.97 Å². The number of likely N-dealkylation sites (tertiary alicyclic amines) is 1. The topological polar surface area (TPSA) is 88.9 Å². The number of fused-ring (bicyclic) bond motifs is 1. The van der Waals surface area contributed by atoms with Gasteiger partial charge in [-0.3, -0.25) is 4.79 Å². The lowest BCUT2D eigenvalue weighted by Gasteiger charge is -2.34. The monoisotopic (exact) mass is 312 g/mol. The number of H-pyrrole nitrogens is 1. The number of aromatic nitrogens is 3. The molecule has 23 heavy (non-hydrogen) atoms. The van der Waals surface area contributed by atoms with Gasteiger partial charge in [0.2, 0.25) is 5.91 Å². The molecule has 1 N–H and O–H groups in total. The Bertz CT molecular complexity index is 774. The fourth-order valence-electron chi connectivity index (χ4n) is 3.42. The Hall–Kier alpha value is -2.62. The molecular weight excluding hydrogens is 292 g/mol. The van der Waals surface area contributed by atoms with Crippen molar-refractivity contribution < 1.29 is 4.79 Å². The molecule has 0 spiro atoms. The minimum Gasteiger partial charge on any atom is -0.354 e. The van der Waals surface area contributed by atoms with E-state index < -0.39 is 0 Å². The molecular formula is C16H20N6O. The Morgan fingerprint density at radius 2 is 2.35 bits per heavy atom. The van der Waals surface area contributed by atoms with Gasteiger partial charge in [0.15, 0.2) is 0 Å². The van der Waals surface area contributed by atoms with Crippen molar-refractivity contribution in [2.24, 2.45) is 5.41 Å². The molecule has 0 aliphatic carbocycles. The van der Waals surface area contributed by atoms with Crippen molar-refractivity contribution in [1.29, 1.82) is 5.26 Å². The van der Waals surface area contributed by atoms with Crippen LogP contribution >= 0.6 is 0 Å². The van der Waals surface area contributed by atoms with Crippen molar-refractivity contribution in [2.45, 2.75) is 26.3 Å². The van der Waals surface area contributed by atoms with E-state index in [-0.39, 0.29) is 23.8 Å². The predicted octanol–water partition coefficient (Wildman–Crippen LogP) is 1.54. The summed E-state index contributed by atoms with van der Waals surface area (Å²) in [5, 5.41) is 9.71. The number of nitrogens with zero attached hydrogens (tertiary/aromatic N) is 5. The van der Waals surface area contributed by atoms with Crippen LogP contribution < -0.4 is 4.90 Å². The van der Waals surface area contributed by atoms with Crippen molar-refractivity contribution in [3.8, 4) is 6.07 Å². The molecule has 7 heteroatoms. The average Bonchev–Trinajstić information content (AvgIpc) is 3.10. The van der Waals surface area contributed by atoms with Crippen molar-refractivity contribution >= 4 is 22.8 Å². The second-order valence-corrected chi connectivity index (χ2v) is 6.66. The molecule has 1 aliphatic heterocycles. The van der Waals surface area contributed by atoms with Gasteiger partial charge in [-0.05, 0) is 6.07 Å². The number of hydrogen-bond acceptors (Lipinski definition) is 5. The molecule has 1 aliphatic rings. The van der Waals surface area contributed by atoms with Crippen molar-refractivity contribution in [3.05, 3.63) is 18.6 Å². The van der Waals surface area contributed by atoms with Gasteiger partial charge in [0.05, 0.1) is 17.5 Å². The number of rotatable bonds is 3. The highest BCUT2D eigenvalue weighted by atomic mass is 16.2. The highest BCUT2D eigenvalue weighted by Crippen LogP contribution is 2.36. The van der Waals surface area contributed by atoms with Crippen LogP contribution in [0.25, 0.3) is 11.0 Å². The second-order valence-electron chi connectivity index (χ2n) is 6.66. The molecule has 0 unspecified atom stereocenters. The molecule has 1 amide bonds. The van der Waals surface area contributed by atoms with E-state index in [4.69, 9.17) is 5.26 Å². The molecule has 3 heterocycles. The first-order valence-electron chi connectivity index (χ1n) is 7.59. The number of aromatic amines is 1. The van der Waals surface area contributed by atoms with Crippen molar-refractivity contribution in [1.82, 2.24) is 19.9 Å². The van der Waals surface area contributed by atoms with Crippen LogP contribution in [0.15, 0.2) is 18.6 Å². The number of likely N-dealkylation sites (N-methyl/N-ethyl adjacent to an activating group) is 1. The fraction of sp³-hybridized carbons (Fsp3) is 0.500. The molecule has 0 aromatic carbocycles. The number of carbonyl (C=O) groups is 1. The first kappa shape index (κ1) is 15.3. The Kier molecular flexibility index (Phi) is 3.68. The van der Waals surface area contributed by atoms with Gasteiger partial charge in [0.1, 0.15) is 24.2 Å². The van der Waals surface area contributed by atoms with Crippen LogP contribution in [0.1, 0.15) is 20.3 Å². The van der Waals surface area contributed by atoms with Crippen LogP contribution in [0.4, 0.5) is 5.82 Å². The van der Waals surface area contributed by atoms with Crippen LogP contribution in [-0.4, -0.2) is 51.9 Å². The Morgan fingerprint density at radius 1 is 1.57 bits per heavy atom. The summed E-state index contributed by atoms with van der Waals surface area (Å²) >= 11 is 0. The molecule has 7 nitrogen and oxygen atoms in total. The summed E-state index contributed by atoms with van der Waals surface area (Å²) in [6, 6.07) is 4.02. The summed E-state index contributed by atoms with van der Waals surface area (Å²) in [5.41, 5.74) is 0.711. The third-order valence-corrected chi connectivity index (χ3v) is 4.61. The van der Waals surface area contributed by atoms with E-state index >= 15 is 0 Å². The fourth-order valence-corrected chi connectivity index (χ4v) is 3.42. The van der Waals surface area contributed by atoms with Gasteiger partial charge < -0.3 is 14.8 Å². The van der Waals surface area contributed by atoms with Gasteiger partial charge in [-0.15, -0.1) is 0 Å². The summed E-state index contributed by atoms with van der Waals surface area (Å²) in [6.45, 7) is 5.52. The second kappa shape index (κ2) is 5.54. The molecule has 0 saturated carbocycles. The number of carbonyl (C=O) groups excluding carboxylic acids is 1. The molecule has 1 saturated heterocycles. The molecule has 2 aromatic heterocycles. The van der Waals surface area contributed by atoms with E-state index in [0.29, 0.717) is 13.1 Å². The quantitative estimate of drug-likeness (QED) is 0.928. The van der Waals surface area contributed by atoms with Crippen LogP contribution in [0.3, 0.4) is 0 Å². The SMILES string of the molecule is CN(c1ncnc2[nH]ccc12)[C@@H]1CN(C(=O)CC#N)CC1(C)C. The zero-order valence-corrected chi connectivity index (χ0v) is 13.6. The van der Waals surface area contributed by atoms with E-state index in [0.717, 1.165) is 16.9 Å². The number of hydrogen-bond donors (Lipinski definition) is 1. The lowest BCUT2D eigenvalue weighted by molar-refractivity contribution is -0.129. The Morgan fingerprint density at radius 3 is 3.09 bits per heavy atom. The molecule has 0 bridgehead atoms. The zero-order chi connectivity index (χ0) is 16.6. The Balaban J connectivity index is 1.90. The maximum atomic E-state index is 12.1. The Labute approximate surface area is 134 Å². The third kappa shape index (κ3) is 2.61. The van der Waals surface area contributed by atoms with E-state index in [2.05, 4.69) is 33.7 Å². The lowest BCUT2D eigenvalue weighted by atomic mass is 9.87. The molecule has 1 atom stereocenters. The van der Waals surface area contributed by atoms with Crippen LogP contribution in [0, 0.1) is 16.7 Å². The normalized spacial score (nSPS) is 19.7. The summed E-state index contributed by atoms with van der Waals surface area (Å²) in [4.78, 5) is 27.7. The maximum absolute atomic E-state index is 12.1. The van der Waals surface area contributed by atoms with E-state index in [1.165, 1.54) is 0 Å². The van der Waals surface area contributed by atoms with E-state index in [9.17, 15) is 4.79 Å². The molecule has 120 valence electrons. The first-order chi connectivity index (χ1) is 10.9. The smallest absolute Gasteiger partial charge is 0.236 e. The van der Waals surface area contributed by atoms with Crippen LogP contribution in [0.2, 0.25) is 0 Å². The van der Waals surface area contributed by atoms with Gasteiger partial charge in [-0.2, -0.15) is 5.26 Å². The molecule has 1 fully saturated rings. The summed E-state index contributed by atoms with van der Waals surface area (Å²) in [7, 11) is 2.00. The van der Waals surface area contributed by atoms with Crippen LogP contribution in [0.5, 0.6) is 0 Å². The molecule has 2 aromatic rings. The van der Waals surface area contributed by atoms with Crippen LogP contribution in [-0.2, 0) is 4.79 Å². The highest BCUT2D eigenvalue weighted by Gasteiger charge is 2.43.